The average molecular weight is 359 g/mol. The summed E-state index contributed by atoms with van der Waals surface area (Å²) < 4.78 is 7.50. The molecule has 1 fully saturated rings. The van der Waals surface area contributed by atoms with Crippen molar-refractivity contribution in [1.29, 1.82) is 0 Å². The number of nitrogens with zero attached hydrogens (tertiary/aromatic N) is 2. The van der Waals surface area contributed by atoms with Crippen molar-refractivity contribution in [2.45, 2.75) is 26.3 Å². The molecule has 0 saturated carbocycles. The zero-order valence-electron chi connectivity index (χ0n) is 15.5. The maximum Gasteiger partial charge on any atom is 0.259 e. The highest BCUT2D eigenvalue weighted by Gasteiger charge is 2.22. The molecule has 0 spiro atoms. The first-order valence-corrected chi connectivity index (χ1v) is 9.31. The van der Waals surface area contributed by atoms with Gasteiger partial charge in [0, 0.05) is 12.0 Å². The first kappa shape index (κ1) is 16.3. The number of aryl methyl sites for hydroxylation is 2. The van der Waals surface area contributed by atoms with Crippen LogP contribution in [0.15, 0.2) is 47.4 Å². The lowest BCUT2D eigenvalue weighted by Crippen LogP contribution is -2.12. The molecule has 3 heterocycles. The smallest absolute Gasteiger partial charge is 0.259 e. The zero-order chi connectivity index (χ0) is 18.5. The normalized spacial score (nSPS) is 17.2. The molecule has 1 saturated heterocycles. The Bertz CT molecular complexity index is 1210. The molecule has 1 aliphatic heterocycles. The molecule has 5 rings (SSSR count). The first-order valence-electron chi connectivity index (χ1n) is 9.31. The molecule has 2 aromatic heterocycles. The van der Waals surface area contributed by atoms with Crippen molar-refractivity contribution in [2.75, 3.05) is 13.2 Å². The standard InChI is InChI=1S/C22H21N3O2/c1-13-4-3-5-14(2)20(13)15-6-7-17-19(10-15)24-22(26)18-11-23-25(21(17)18)16-8-9-27-12-16/h3-7,10-11,16H,8-9,12H2,1-2H3,(H,24,26)/t16-/m1/s1. The van der Waals surface area contributed by atoms with Gasteiger partial charge < -0.3 is 9.72 Å². The van der Waals surface area contributed by atoms with Gasteiger partial charge in [0.25, 0.3) is 5.56 Å². The second-order valence-electron chi connectivity index (χ2n) is 7.35. The van der Waals surface area contributed by atoms with Gasteiger partial charge in [0.1, 0.15) is 0 Å². The molecule has 5 nitrogen and oxygen atoms in total. The summed E-state index contributed by atoms with van der Waals surface area (Å²) in [5.41, 5.74) is 6.44. The molecule has 4 aromatic rings. The van der Waals surface area contributed by atoms with E-state index in [2.05, 4.69) is 60.3 Å². The van der Waals surface area contributed by atoms with Crippen LogP contribution in [0.2, 0.25) is 0 Å². The Labute approximate surface area is 156 Å². The number of rotatable bonds is 2. The molecule has 27 heavy (non-hydrogen) atoms. The van der Waals surface area contributed by atoms with Crippen LogP contribution in [0.25, 0.3) is 32.9 Å². The van der Waals surface area contributed by atoms with Gasteiger partial charge in [-0.05, 0) is 48.6 Å². The summed E-state index contributed by atoms with van der Waals surface area (Å²) in [7, 11) is 0. The van der Waals surface area contributed by atoms with Crippen molar-refractivity contribution >= 4 is 21.8 Å². The topological polar surface area (TPSA) is 59.9 Å². The summed E-state index contributed by atoms with van der Waals surface area (Å²) in [6.07, 6.45) is 2.59. The number of fused-ring (bicyclic) bond motifs is 3. The van der Waals surface area contributed by atoms with E-state index in [1.165, 1.54) is 16.7 Å². The molecule has 136 valence electrons. The van der Waals surface area contributed by atoms with E-state index in [1.54, 1.807) is 6.20 Å². The van der Waals surface area contributed by atoms with Crippen LogP contribution in [0, 0.1) is 13.8 Å². The third-order valence-electron chi connectivity index (χ3n) is 5.58. The van der Waals surface area contributed by atoms with Crippen molar-refractivity contribution in [3.8, 4) is 11.1 Å². The molecule has 2 aromatic carbocycles. The second kappa shape index (κ2) is 6.06. The van der Waals surface area contributed by atoms with E-state index in [0.29, 0.717) is 12.0 Å². The van der Waals surface area contributed by atoms with Crippen LogP contribution in [0.1, 0.15) is 23.6 Å². The van der Waals surface area contributed by atoms with E-state index in [9.17, 15) is 4.79 Å². The number of aromatic amines is 1. The Morgan fingerprint density at radius 1 is 1.15 bits per heavy atom. The second-order valence-corrected chi connectivity index (χ2v) is 7.35. The first-order chi connectivity index (χ1) is 13.1. The number of H-pyrrole nitrogens is 1. The van der Waals surface area contributed by atoms with Crippen LogP contribution in [0.5, 0.6) is 0 Å². The lowest BCUT2D eigenvalue weighted by molar-refractivity contribution is 0.185. The highest BCUT2D eigenvalue weighted by molar-refractivity contribution is 6.04. The lowest BCUT2D eigenvalue weighted by atomic mass is 9.95. The molecule has 0 amide bonds. The summed E-state index contributed by atoms with van der Waals surface area (Å²) in [5, 5.41) is 6.16. The van der Waals surface area contributed by atoms with E-state index in [-0.39, 0.29) is 11.6 Å². The Hall–Kier alpha value is -2.92. The SMILES string of the molecule is Cc1cccc(C)c1-c1ccc2c(c1)[nH]c(=O)c1cnn([C@@H]3CCOC3)c12. The monoisotopic (exact) mass is 359 g/mol. The minimum absolute atomic E-state index is 0.0960. The number of pyridine rings is 1. The average Bonchev–Trinajstić information content (AvgIpc) is 3.31. The van der Waals surface area contributed by atoms with Crippen molar-refractivity contribution in [3.63, 3.8) is 0 Å². The Balaban J connectivity index is 1.78. The molecule has 5 heteroatoms. The summed E-state index contributed by atoms with van der Waals surface area (Å²) >= 11 is 0. The Kier molecular flexibility index (Phi) is 3.65. The highest BCUT2D eigenvalue weighted by atomic mass is 16.5. The van der Waals surface area contributed by atoms with Gasteiger partial charge in [0.15, 0.2) is 0 Å². The lowest BCUT2D eigenvalue weighted by Gasteiger charge is -2.13. The number of hydrogen-bond donors (Lipinski definition) is 1. The van der Waals surface area contributed by atoms with Gasteiger partial charge >= 0.3 is 0 Å². The maximum atomic E-state index is 12.7. The zero-order valence-corrected chi connectivity index (χ0v) is 15.5. The molecular formula is C22H21N3O2. The maximum absolute atomic E-state index is 12.7. The van der Waals surface area contributed by atoms with Crippen LogP contribution < -0.4 is 5.56 Å². The summed E-state index contributed by atoms with van der Waals surface area (Å²) in [4.78, 5) is 15.7. The number of nitrogens with one attached hydrogen (secondary N) is 1. The number of benzene rings is 2. The number of aromatic nitrogens is 3. The molecule has 0 unspecified atom stereocenters. The van der Waals surface area contributed by atoms with E-state index < -0.39 is 0 Å². The third kappa shape index (κ3) is 2.50. The van der Waals surface area contributed by atoms with Crippen LogP contribution in [0.3, 0.4) is 0 Å². The summed E-state index contributed by atoms with van der Waals surface area (Å²) in [6.45, 7) is 5.62. The van der Waals surface area contributed by atoms with Gasteiger partial charge in [-0.25, -0.2) is 0 Å². The van der Waals surface area contributed by atoms with Crippen molar-refractivity contribution in [1.82, 2.24) is 14.8 Å². The number of hydrogen-bond acceptors (Lipinski definition) is 3. The fourth-order valence-electron chi connectivity index (χ4n) is 4.26. The van der Waals surface area contributed by atoms with Crippen LogP contribution in [-0.4, -0.2) is 28.0 Å². The Morgan fingerprint density at radius 2 is 1.96 bits per heavy atom. The Morgan fingerprint density at radius 3 is 2.70 bits per heavy atom. The molecule has 1 atom stereocenters. The minimum Gasteiger partial charge on any atom is -0.379 e. The molecule has 1 N–H and O–H groups in total. The quantitative estimate of drug-likeness (QED) is 0.586. The largest absolute Gasteiger partial charge is 0.379 e. The van der Waals surface area contributed by atoms with Gasteiger partial charge in [0.2, 0.25) is 0 Å². The molecule has 1 aliphatic rings. The van der Waals surface area contributed by atoms with Crippen LogP contribution in [0.4, 0.5) is 0 Å². The van der Waals surface area contributed by atoms with E-state index in [1.807, 2.05) is 4.68 Å². The molecular weight excluding hydrogens is 338 g/mol. The van der Waals surface area contributed by atoms with Gasteiger partial charge in [0.05, 0.1) is 35.3 Å². The van der Waals surface area contributed by atoms with Crippen molar-refractivity contribution in [3.05, 3.63) is 64.1 Å². The van der Waals surface area contributed by atoms with Gasteiger partial charge in [-0.3, -0.25) is 9.48 Å². The summed E-state index contributed by atoms with van der Waals surface area (Å²) in [5.74, 6) is 0. The van der Waals surface area contributed by atoms with Crippen molar-refractivity contribution < 1.29 is 4.74 Å². The van der Waals surface area contributed by atoms with Gasteiger partial charge in [-0.2, -0.15) is 5.10 Å². The predicted octanol–water partition coefficient (Wildman–Crippen LogP) is 4.12. The van der Waals surface area contributed by atoms with Crippen LogP contribution >= 0.6 is 0 Å². The van der Waals surface area contributed by atoms with E-state index in [0.717, 1.165) is 35.0 Å². The summed E-state index contributed by atoms with van der Waals surface area (Å²) in [6, 6.07) is 12.8. The van der Waals surface area contributed by atoms with Gasteiger partial charge in [-0.1, -0.05) is 30.3 Å². The molecule has 0 radical (unpaired) electrons. The van der Waals surface area contributed by atoms with Crippen LogP contribution in [-0.2, 0) is 4.74 Å². The number of ether oxygens (including phenoxy) is 1. The minimum atomic E-state index is -0.0960. The fraction of sp³-hybridized carbons (Fsp3) is 0.273. The van der Waals surface area contributed by atoms with Crippen molar-refractivity contribution in [2.24, 2.45) is 0 Å². The van der Waals surface area contributed by atoms with Gasteiger partial charge in [-0.15, -0.1) is 0 Å². The third-order valence-corrected chi connectivity index (χ3v) is 5.58. The fourth-order valence-corrected chi connectivity index (χ4v) is 4.26. The molecule has 0 aliphatic carbocycles. The predicted molar refractivity (Wildman–Crippen MR) is 107 cm³/mol. The van der Waals surface area contributed by atoms with E-state index >= 15 is 0 Å². The highest BCUT2D eigenvalue weighted by Crippen LogP contribution is 2.32. The van der Waals surface area contributed by atoms with E-state index in [4.69, 9.17) is 4.74 Å². The molecule has 0 bridgehead atoms.